The highest BCUT2D eigenvalue weighted by atomic mass is 15.0. The molecular formula is C19H29N. The van der Waals surface area contributed by atoms with Gasteiger partial charge in [-0.05, 0) is 60.1 Å². The Morgan fingerprint density at radius 3 is 2.40 bits per heavy atom. The monoisotopic (exact) mass is 271 g/mol. The summed E-state index contributed by atoms with van der Waals surface area (Å²) in [5.74, 6) is 0.907. The lowest BCUT2D eigenvalue weighted by molar-refractivity contribution is 0.155. The van der Waals surface area contributed by atoms with Crippen LogP contribution >= 0.6 is 0 Å². The molecule has 1 N–H and O–H groups in total. The second kappa shape index (κ2) is 4.79. The number of nitrogens with one attached hydrogen (secondary N) is 1. The summed E-state index contributed by atoms with van der Waals surface area (Å²) in [4.78, 5) is 0. The van der Waals surface area contributed by atoms with Gasteiger partial charge in [0.05, 0.1) is 0 Å². The normalized spacial score (nSPS) is 34.4. The van der Waals surface area contributed by atoms with Crippen LogP contribution in [0, 0.1) is 16.7 Å². The molecule has 0 aromatic heterocycles. The predicted octanol–water partition coefficient (Wildman–Crippen LogP) is 5.27. The number of anilines is 1. The largest absolute Gasteiger partial charge is 0.381 e. The molecule has 2 fully saturated rings. The number of hydrogen-bond acceptors (Lipinski definition) is 1. The predicted molar refractivity (Wildman–Crippen MR) is 87.1 cm³/mol. The number of benzene rings is 1. The molecule has 0 spiro atoms. The Labute approximate surface area is 124 Å². The third kappa shape index (κ3) is 2.16. The van der Waals surface area contributed by atoms with Gasteiger partial charge in [0.25, 0.3) is 0 Å². The standard InChI is InChI=1S/C19H29N/c1-5-6-14-7-9-16(10-8-14)20-17-18(2,3)15-11-12-19(17,4)13-15/h7-10,15,17,20H,5-6,11-13H2,1-4H3/t15-,17?,19+/m0/s1. The summed E-state index contributed by atoms with van der Waals surface area (Å²) in [6.45, 7) is 9.66. The fourth-order valence-corrected chi connectivity index (χ4v) is 4.89. The fourth-order valence-electron chi connectivity index (χ4n) is 4.89. The van der Waals surface area contributed by atoms with Crippen LogP contribution in [0.5, 0.6) is 0 Å². The average molecular weight is 271 g/mol. The van der Waals surface area contributed by atoms with Crippen LogP contribution in [0.4, 0.5) is 5.69 Å². The van der Waals surface area contributed by atoms with Crippen molar-refractivity contribution in [2.45, 2.75) is 65.8 Å². The molecule has 2 aliphatic carbocycles. The van der Waals surface area contributed by atoms with Crippen LogP contribution in [0.2, 0.25) is 0 Å². The van der Waals surface area contributed by atoms with E-state index in [0.29, 0.717) is 16.9 Å². The summed E-state index contributed by atoms with van der Waals surface area (Å²) in [6, 6.07) is 9.74. The highest BCUT2D eigenvalue weighted by Gasteiger charge is 2.59. The van der Waals surface area contributed by atoms with E-state index in [1.165, 1.54) is 43.4 Å². The molecule has 2 saturated carbocycles. The van der Waals surface area contributed by atoms with Crippen LogP contribution < -0.4 is 5.32 Å². The van der Waals surface area contributed by atoms with Gasteiger partial charge in [-0.2, -0.15) is 0 Å². The Morgan fingerprint density at radius 1 is 1.15 bits per heavy atom. The maximum atomic E-state index is 3.87. The van der Waals surface area contributed by atoms with Gasteiger partial charge in [-0.15, -0.1) is 0 Å². The Bertz CT molecular complexity index is 468. The van der Waals surface area contributed by atoms with E-state index in [1.807, 2.05) is 0 Å². The zero-order valence-corrected chi connectivity index (χ0v) is 13.5. The van der Waals surface area contributed by atoms with Crippen molar-refractivity contribution in [3.05, 3.63) is 29.8 Å². The quantitative estimate of drug-likeness (QED) is 0.787. The molecular weight excluding hydrogens is 242 g/mol. The van der Waals surface area contributed by atoms with Crippen LogP contribution in [0.15, 0.2) is 24.3 Å². The second-order valence-electron chi connectivity index (χ2n) is 7.94. The van der Waals surface area contributed by atoms with Crippen molar-refractivity contribution in [2.24, 2.45) is 16.7 Å². The molecule has 3 atom stereocenters. The molecule has 3 rings (SSSR count). The van der Waals surface area contributed by atoms with E-state index in [-0.39, 0.29) is 0 Å². The summed E-state index contributed by atoms with van der Waals surface area (Å²) in [5, 5.41) is 3.87. The molecule has 1 heteroatoms. The lowest BCUT2D eigenvalue weighted by Crippen LogP contribution is -2.45. The fraction of sp³-hybridized carbons (Fsp3) is 0.684. The lowest BCUT2D eigenvalue weighted by Gasteiger charge is -2.43. The lowest BCUT2D eigenvalue weighted by atomic mass is 9.68. The van der Waals surface area contributed by atoms with E-state index < -0.39 is 0 Å². The Balaban J connectivity index is 1.77. The van der Waals surface area contributed by atoms with E-state index in [4.69, 9.17) is 0 Å². The first-order chi connectivity index (χ1) is 9.45. The van der Waals surface area contributed by atoms with E-state index in [2.05, 4.69) is 57.3 Å². The smallest absolute Gasteiger partial charge is 0.0368 e. The summed E-state index contributed by atoms with van der Waals surface area (Å²) in [5.41, 5.74) is 3.68. The summed E-state index contributed by atoms with van der Waals surface area (Å²) >= 11 is 0. The van der Waals surface area contributed by atoms with Crippen molar-refractivity contribution in [3.8, 4) is 0 Å². The molecule has 0 aliphatic heterocycles. The first-order valence-corrected chi connectivity index (χ1v) is 8.31. The molecule has 1 aromatic rings. The van der Waals surface area contributed by atoms with Gasteiger partial charge >= 0.3 is 0 Å². The minimum atomic E-state index is 0.426. The van der Waals surface area contributed by atoms with Gasteiger partial charge in [0, 0.05) is 11.7 Å². The van der Waals surface area contributed by atoms with E-state index in [1.54, 1.807) is 0 Å². The van der Waals surface area contributed by atoms with Gasteiger partial charge in [0.15, 0.2) is 0 Å². The van der Waals surface area contributed by atoms with Gasteiger partial charge in [-0.1, -0.05) is 46.2 Å². The number of rotatable bonds is 4. The van der Waals surface area contributed by atoms with E-state index in [0.717, 1.165) is 5.92 Å². The zero-order valence-electron chi connectivity index (χ0n) is 13.5. The molecule has 0 heterocycles. The van der Waals surface area contributed by atoms with E-state index in [9.17, 15) is 0 Å². The Morgan fingerprint density at radius 2 is 1.85 bits per heavy atom. The summed E-state index contributed by atoms with van der Waals surface area (Å²) in [6.07, 6.45) is 6.65. The summed E-state index contributed by atoms with van der Waals surface area (Å²) in [7, 11) is 0. The first kappa shape index (κ1) is 14.0. The first-order valence-electron chi connectivity index (χ1n) is 8.31. The van der Waals surface area contributed by atoms with Crippen LogP contribution in [0.1, 0.15) is 58.9 Å². The number of hydrogen-bond donors (Lipinski definition) is 1. The third-order valence-electron chi connectivity index (χ3n) is 6.07. The van der Waals surface area contributed by atoms with Crippen molar-refractivity contribution in [1.82, 2.24) is 0 Å². The van der Waals surface area contributed by atoms with Crippen LogP contribution in [-0.4, -0.2) is 6.04 Å². The van der Waals surface area contributed by atoms with Crippen molar-refractivity contribution in [1.29, 1.82) is 0 Å². The van der Waals surface area contributed by atoms with Crippen LogP contribution in [-0.2, 0) is 6.42 Å². The molecule has 1 unspecified atom stereocenters. The molecule has 0 amide bonds. The van der Waals surface area contributed by atoms with Crippen LogP contribution in [0.25, 0.3) is 0 Å². The molecule has 0 saturated heterocycles. The Kier molecular flexibility index (Phi) is 3.35. The topological polar surface area (TPSA) is 12.0 Å². The second-order valence-corrected chi connectivity index (χ2v) is 7.94. The summed E-state index contributed by atoms with van der Waals surface area (Å²) < 4.78 is 0. The highest BCUT2D eigenvalue weighted by Crippen LogP contribution is 2.63. The van der Waals surface area contributed by atoms with Gasteiger partial charge in [-0.3, -0.25) is 0 Å². The molecule has 2 aliphatic rings. The van der Waals surface area contributed by atoms with Crippen molar-refractivity contribution >= 4 is 5.69 Å². The van der Waals surface area contributed by atoms with Gasteiger partial charge in [0.2, 0.25) is 0 Å². The maximum absolute atomic E-state index is 3.87. The Hall–Kier alpha value is -0.980. The van der Waals surface area contributed by atoms with Crippen molar-refractivity contribution in [2.75, 3.05) is 5.32 Å². The van der Waals surface area contributed by atoms with Crippen molar-refractivity contribution < 1.29 is 0 Å². The van der Waals surface area contributed by atoms with Gasteiger partial charge in [-0.25, -0.2) is 0 Å². The molecule has 110 valence electrons. The van der Waals surface area contributed by atoms with Gasteiger partial charge in [0.1, 0.15) is 0 Å². The van der Waals surface area contributed by atoms with Crippen molar-refractivity contribution in [3.63, 3.8) is 0 Å². The molecule has 1 aromatic carbocycles. The molecule has 20 heavy (non-hydrogen) atoms. The highest BCUT2D eigenvalue weighted by molar-refractivity contribution is 5.47. The maximum Gasteiger partial charge on any atom is 0.0368 e. The molecule has 0 radical (unpaired) electrons. The average Bonchev–Trinajstić information content (AvgIpc) is 2.88. The molecule has 1 nitrogen and oxygen atoms in total. The SMILES string of the molecule is CCCc1ccc(NC2C(C)(C)[C@H]3CC[C@]2(C)C3)cc1. The number of fused-ring (bicyclic) bond motifs is 2. The minimum absolute atomic E-state index is 0.426. The molecule has 2 bridgehead atoms. The van der Waals surface area contributed by atoms with Crippen LogP contribution in [0.3, 0.4) is 0 Å². The number of aryl methyl sites for hydroxylation is 1. The van der Waals surface area contributed by atoms with E-state index >= 15 is 0 Å². The zero-order chi connectivity index (χ0) is 14.4. The third-order valence-corrected chi connectivity index (χ3v) is 6.07. The van der Waals surface area contributed by atoms with Gasteiger partial charge < -0.3 is 5.32 Å². The minimum Gasteiger partial charge on any atom is -0.381 e.